The Kier molecular flexibility index (Phi) is 8.67. The van der Waals surface area contributed by atoms with Crippen molar-refractivity contribution in [2.45, 2.75) is 82.7 Å². The van der Waals surface area contributed by atoms with Gasteiger partial charge in [-0.25, -0.2) is 4.39 Å². The number of benzene rings is 1. The number of nitrogen functional groups attached to an aromatic ring is 1. The molecule has 2 saturated heterocycles. The molecule has 1 aromatic carbocycles. The molecule has 264 valence electrons. The van der Waals surface area contributed by atoms with E-state index >= 15 is 0 Å². The van der Waals surface area contributed by atoms with Crippen LogP contribution >= 0.6 is 11.6 Å². The van der Waals surface area contributed by atoms with Gasteiger partial charge in [0.2, 0.25) is 0 Å². The van der Waals surface area contributed by atoms with Crippen LogP contribution in [0.15, 0.2) is 12.1 Å². The Morgan fingerprint density at radius 2 is 2.00 bits per heavy atom. The van der Waals surface area contributed by atoms with Crippen molar-refractivity contribution < 1.29 is 31.8 Å². The van der Waals surface area contributed by atoms with Crippen LogP contribution in [0.1, 0.15) is 75.9 Å². The molecule has 4 aliphatic heterocycles. The zero-order chi connectivity index (χ0) is 34.8. The van der Waals surface area contributed by atoms with E-state index in [9.17, 15) is 22.4 Å². The summed E-state index contributed by atoms with van der Waals surface area (Å²) < 4.78 is 71.7. The lowest BCUT2D eigenvalue weighted by Gasteiger charge is -2.33. The zero-order valence-corrected chi connectivity index (χ0v) is 28.4. The number of aryl methyl sites for hydroxylation is 2. The first-order valence-corrected chi connectivity index (χ1v) is 16.8. The molecule has 0 radical (unpaired) electrons. The molecule has 3 aromatic rings. The summed E-state index contributed by atoms with van der Waals surface area (Å²) >= 11 is 6.75. The number of rotatable bonds is 6. The maximum absolute atomic E-state index is 14.5. The van der Waals surface area contributed by atoms with E-state index in [0.717, 1.165) is 19.4 Å². The second kappa shape index (κ2) is 12.6. The smallest absolute Gasteiger partial charge is 0.417 e. The van der Waals surface area contributed by atoms with E-state index in [-0.39, 0.29) is 65.6 Å². The molecule has 0 spiro atoms. The summed E-state index contributed by atoms with van der Waals surface area (Å²) in [6.07, 6.45) is -3.79. The Morgan fingerprint density at radius 3 is 2.76 bits per heavy atom. The predicted molar refractivity (Wildman–Crippen MR) is 173 cm³/mol. The molecular formula is C33H39ClF4N8O3. The molecule has 0 unspecified atom stereocenters. The van der Waals surface area contributed by atoms with Crippen molar-refractivity contribution in [3.8, 4) is 6.01 Å². The molecule has 2 aromatic heterocycles. The fraction of sp³-hybridized carbons (Fsp3) is 0.576. The molecule has 0 saturated carbocycles. The zero-order valence-electron chi connectivity index (χ0n) is 27.6. The van der Waals surface area contributed by atoms with Crippen LogP contribution in [0.4, 0.5) is 29.1 Å². The van der Waals surface area contributed by atoms with Gasteiger partial charge in [0, 0.05) is 57.8 Å². The number of ether oxygens (including phenoxy) is 2. The third kappa shape index (κ3) is 6.18. The van der Waals surface area contributed by atoms with Gasteiger partial charge in [0.1, 0.15) is 18.6 Å². The number of hydrogen-bond acceptors (Lipinski definition) is 9. The Morgan fingerprint density at radius 1 is 1.20 bits per heavy atom. The van der Waals surface area contributed by atoms with Gasteiger partial charge in [-0.05, 0) is 56.0 Å². The van der Waals surface area contributed by atoms with E-state index in [1.165, 1.54) is 24.0 Å². The summed E-state index contributed by atoms with van der Waals surface area (Å²) in [5.74, 6) is 0.185. The number of anilines is 2. The maximum atomic E-state index is 14.5. The van der Waals surface area contributed by atoms with E-state index in [1.807, 2.05) is 4.90 Å². The largest absolute Gasteiger partial charge is 0.461 e. The predicted octanol–water partition coefficient (Wildman–Crippen LogP) is 5.12. The van der Waals surface area contributed by atoms with Gasteiger partial charge in [-0.15, -0.1) is 0 Å². The molecule has 0 aliphatic carbocycles. The van der Waals surface area contributed by atoms with Gasteiger partial charge in [0.25, 0.3) is 5.91 Å². The standard InChI is InChI=1S/C33H39ClF4N8O3/c1-18-10-20(39)11-21(26(18)33(36,37)38)25-12-23-22(16-48-25)29(41-31(40-23)49-17-32-6-4-8-45(32)14-19(35)13-32)44-7-5-9-46-24(15-44)27(34)28(42-46)30(47)43(2)3/h10-11,19,25H,4-9,12-17,39H2,1-3H3/t19-,25+,32+/m1/s1. The third-order valence-corrected chi connectivity index (χ3v) is 10.5. The third-order valence-electron chi connectivity index (χ3n) is 10.1. The number of carbonyl (C=O) groups is 1. The minimum atomic E-state index is -4.62. The molecule has 2 N–H and O–H groups in total. The molecule has 11 nitrogen and oxygen atoms in total. The lowest BCUT2D eigenvalue weighted by atomic mass is 9.92. The molecular weight excluding hydrogens is 668 g/mol. The van der Waals surface area contributed by atoms with Crippen LogP contribution in [0.5, 0.6) is 6.01 Å². The Labute approximate surface area is 286 Å². The van der Waals surface area contributed by atoms with Crippen molar-refractivity contribution >= 4 is 29.0 Å². The molecule has 2 fully saturated rings. The molecule has 49 heavy (non-hydrogen) atoms. The van der Waals surface area contributed by atoms with Crippen molar-refractivity contribution in [3.63, 3.8) is 0 Å². The van der Waals surface area contributed by atoms with E-state index in [4.69, 9.17) is 36.8 Å². The van der Waals surface area contributed by atoms with Crippen LogP contribution in [0.25, 0.3) is 0 Å². The summed E-state index contributed by atoms with van der Waals surface area (Å²) in [6.45, 7) is 3.97. The average molecular weight is 707 g/mol. The highest BCUT2D eigenvalue weighted by atomic mass is 35.5. The number of amides is 1. The Bertz CT molecular complexity index is 1790. The van der Waals surface area contributed by atoms with Crippen LogP contribution in [0.2, 0.25) is 5.02 Å². The maximum Gasteiger partial charge on any atom is 0.417 e. The number of hydrogen-bond donors (Lipinski definition) is 1. The molecule has 3 atom stereocenters. The van der Waals surface area contributed by atoms with Crippen LogP contribution in [0, 0.1) is 6.92 Å². The van der Waals surface area contributed by atoms with Crippen LogP contribution < -0.4 is 15.4 Å². The van der Waals surface area contributed by atoms with Crippen LogP contribution in [-0.2, 0) is 37.0 Å². The number of alkyl halides is 4. The minimum Gasteiger partial charge on any atom is -0.461 e. The van der Waals surface area contributed by atoms with E-state index in [1.54, 1.807) is 18.8 Å². The summed E-state index contributed by atoms with van der Waals surface area (Å²) in [5.41, 5.74) is 6.87. The monoisotopic (exact) mass is 706 g/mol. The second-order valence-corrected chi connectivity index (χ2v) is 14.1. The van der Waals surface area contributed by atoms with Crippen molar-refractivity contribution in [1.29, 1.82) is 0 Å². The van der Waals surface area contributed by atoms with Crippen LogP contribution in [0.3, 0.4) is 0 Å². The van der Waals surface area contributed by atoms with Gasteiger partial charge in [0.15, 0.2) is 5.69 Å². The fourth-order valence-electron chi connectivity index (χ4n) is 7.90. The van der Waals surface area contributed by atoms with Crippen molar-refractivity contribution in [1.82, 2.24) is 29.5 Å². The number of aromatic nitrogens is 4. The SMILES string of the molecule is Cc1cc(N)cc([C@@H]2Cc3nc(OC[C@@]45CCCN4C[C@H](F)C5)nc(N4CCCn5nc(C(=O)N(C)C)c(Cl)c5C4)c3CO2)c1C(F)(F)F. The number of carbonyl (C=O) groups excluding carboxylic acids is 1. The highest BCUT2D eigenvalue weighted by molar-refractivity contribution is 6.34. The van der Waals surface area contributed by atoms with Gasteiger partial charge in [-0.3, -0.25) is 14.4 Å². The number of nitrogens with two attached hydrogens (primary N) is 1. The molecule has 6 heterocycles. The van der Waals surface area contributed by atoms with Crippen LogP contribution in [-0.4, -0.2) is 87.5 Å². The Hall–Kier alpha value is -3.69. The first-order valence-electron chi connectivity index (χ1n) is 16.5. The van der Waals surface area contributed by atoms with Crippen molar-refractivity contribution in [3.05, 3.63) is 56.5 Å². The highest BCUT2D eigenvalue weighted by Gasteiger charge is 2.49. The number of fused-ring (bicyclic) bond motifs is 3. The van der Waals surface area contributed by atoms with Crippen molar-refractivity contribution in [2.75, 3.05) is 51.0 Å². The quantitative estimate of drug-likeness (QED) is 0.276. The van der Waals surface area contributed by atoms with Crippen molar-refractivity contribution in [2.24, 2.45) is 0 Å². The van der Waals surface area contributed by atoms with Gasteiger partial charge in [-0.2, -0.15) is 28.2 Å². The minimum absolute atomic E-state index is 0.0116. The van der Waals surface area contributed by atoms with E-state index in [2.05, 4.69) is 10.00 Å². The summed E-state index contributed by atoms with van der Waals surface area (Å²) in [7, 11) is 3.26. The van der Waals surface area contributed by atoms with E-state index in [0.29, 0.717) is 55.2 Å². The topological polar surface area (TPSA) is 115 Å². The summed E-state index contributed by atoms with van der Waals surface area (Å²) in [5, 5.41) is 4.76. The summed E-state index contributed by atoms with van der Waals surface area (Å²) in [4.78, 5) is 27.9. The lowest BCUT2D eigenvalue weighted by molar-refractivity contribution is -0.140. The van der Waals surface area contributed by atoms with Gasteiger partial charge in [0.05, 0.1) is 46.8 Å². The molecule has 16 heteroatoms. The fourth-order valence-corrected chi connectivity index (χ4v) is 8.18. The van der Waals surface area contributed by atoms with Gasteiger partial charge < -0.3 is 25.0 Å². The molecule has 7 rings (SSSR count). The lowest BCUT2D eigenvalue weighted by Crippen LogP contribution is -2.43. The second-order valence-electron chi connectivity index (χ2n) is 13.7. The number of nitrogens with zero attached hydrogens (tertiary/aromatic N) is 7. The number of halogens is 5. The van der Waals surface area contributed by atoms with Gasteiger partial charge >= 0.3 is 12.2 Å². The van der Waals surface area contributed by atoms with Gasteiger partial charge in [-0.1, -0.05) is 11.6 Å². The Balaban J connectivity index is 1.27. The summed E-state index contributed by atoms with van der Waals surface area (Å²) in [6, 6.07) is 2.68. The molecule has 1 amide bonds. The normalized spacial score (nSPS) is 24.0. The first kappa shape index (κ1) is 33.8. The average Bonchev–Trinajstić information content (AvgIpc) is 3.60. The molecule has 4 aliphatic rings. The highest BCUT2D eigenvalue weighted by Crippen LogP contribution is 2.44. The molecule has 0 bridgehead atoms. The van der Waals surface area contributed by atoms with E-state index < -0.39 is 29.6 Å². The first-order chi connectivity index (χ1) is 23.2.